The Kier molecular flexibility index (Phi) is 5.82. The van der Waals surface area contributed by atoms with Gasteiger partial charge in [0.1, 0.15) is 0 Å². The van der Waals surface area contributed by atoms with E-state index in [1.54, 1.807) is 18.2 Å². The lowest BCUT2D eigenvalue weighted by Gasteiger charge is -1.95. The summed E-state index contributed by atoms with van der Waals surface area (Å²) < 4.78 is 0. The molecule has 0 radical (unpaired) electrons. The van der Waals surface area contributed by atoms with Gasteiger partial charge in [0, 0.05) is 4.90 Å². The van der Waals surface area contributed by atoms with E-state index >= 15 is 0 Å². The van der Waals surface area contributed by atoms with Crippen molar-refractivity contribution in [2.45, 2.75) is 4.90 Å². The third-order valence-corrected chi connectivity index (χ3v) is 1.52. The second-order valence-corrected chi connectivity index (χ2v) is 2.97. The van der Waals surface area contributed by atoms with Gasteiger partial charge in [0.2, 0.25) is 0 Å². The molecule has 0 aliphatic carbocycles. The van der Waals surface area contributed by atoms with E-state index in [9.17, 15) is 4.79 Å². The number of hydrogen-bond acceptors (Lipinski definition) is 3. The van der Waals surface area contributed by atoms with Crippen molar-refractivity contribution >= 4 is 36.5 Å². The quantitative estimate of drug-likeness (QED) is 0.560. The van der Waals surface area contributed by atoms with Crippen molar-refractivity contribution < 1.29 is 19.8 Å². The molecular formula is C8H8O4S2. The molecule has 0 fully saturated rings. The summed E-state index contributed by atoms with van der Waals surface area (Å²) in [5.74, 6) is -0.939. The van der Waals surface area contributed by atoms with Crippen molar-refractivity contribution in [1.29, 1.82) is 0 Å². The molecule has 0 unspecified atom stereocenters. The number of benzene rings is 1. The van der Waals surface area contributed by atoms with Crippen LogP contribution in [0, 0.1) is 0 Å². The van der Waals surface area contributed by atoms with Gasteiger partial charge in [0.25, 0.3) is 0 Å². The van der Waals surface area contributed by atoms with E-state index in [1.165, 1.54) is 6.07 Å². The van der Waals surface area contributed by atoms with Gasteiger partial charge in [-0.1, -0.05) is 24.8 Å². The van der Waals surface area contributed by atoms with Gasteiger partial charge in [0.05, 0.1) is 5.56 Å². The van der Waals surface area contributed by atoms with Crippen molar-refractivity contribution in [3.63, 3.8) is 0 Å². The van der Waals surface area contributed by atoms with Crippen LogP contribution >= 0.6 is 25.3 Å². The van der Waals surface area contributed by atoms with Crippen molar-refractivity contribution in [1.82, 2.24) is 0 Å². The molecular weight excluding hydrogens is 224 g/mol. The van der Waals surface area contributed by atoms with Crippen molar-refractivity contribution in [3.8, 4) is 0 Å². The monoisotopic (exact) mass is 232 g/mol. The second-order valence-electron chi connectivity index (χ2n) is 2.10. The first kappa shape index (κ1) is 12.9. The Morgan fingerprint density at radius 1 is 1.14 bits per heavy atom. The summed E-state index contributed by atoms with van der Waals surface area (Å²) in [4.78, 5) is 19.7. The highest BCUT2D eigenvalue weighted by Gasteiger charge is 2.03. The number of aromatic carboxylic acids is 1. The molecule has 76 valence electrons. The molecule has 0 heterocycles. The average molecular weight is 232 g/mol. The number of carbonyl (C=O) groups is 2. The van der Waals surface area contributed by atoms with Gasteiger partial charge in [-0.3, -0.25) is 0 Å². The van der Waals surface area contributed by atoms with E-state index in [-0.39, 0.29) is 5.56 Å². The Morgan fingerprint density at radius 2 is 1.57 bits per heavy atom. The maximum Gasteiger partial charge on any atom is 0.361 e. The third kappa shape index (κ3) is 5.50. The summed E-state index contributed by atoms with van der Waals surface area (Å²) in [6.07, 6.45) is 0. The highest BCUT2D eigenvalue weighted by atomic mass is 32.1. The zero-order valence-electron chi connectivity index (χ0n) is 6.91. The first-order chi connectivity index (χ1) is 6.45. The zero-order valence-corrected chi connectivity index (χ0v) is 8.70. The second kappa shape index (κ2) is 6.33. The lowest BCUT2D eigenvalue weighted by Crippen LogP contribution is -1.96. The molecule has 0 atom stereocenters. The number of thiol groups is 2. The van der Waals surface area contributed by atoms with Crippen LogP contribution in [0.1, 0.15) is 10.4 Å². The molecule has 0 bridgehead atoms. The summed E-state index contributed by atoms with van der Waals surface area (Å²) in [7, 11) is 0. The molecule has 1 rings (SSSR count). The maximum absolute atomic E-state index is 10.4. The fourth-order valence-electron chi connectivity index (χ4n) is 0.654. The van der Waals surface area contributed by atoms with Crippen LogP contribution in [0.3, 0.4) is 0 Å². The molecule has 0 aliphatic rings. The topological polar surface area (TPSA) is 74.6 Å². The molecule has 1 aromatic carbocycles. The third-order valence-electron chi connectivity index (χ3n) is 1.13. The Labute approximate surface area is 91.4 Å². The van der Waals surface area contributed by atoms with Gasteiger partial charge in [-0.15, -0.1) is 12.6 Å². The summed E-state index contributed by atoms with van der Waals surface area (Å²) in [6, 6.07) is 6.58. The van der Waals surface area contributed by atoms with Gasteiger partial charge < -0.3 is 10.2 Å². The van der Waals surface area contributed by atoms with Crippen LogP contribution in [0.4, 0.5) is 4.79 Å². The predicted molar refractivity (Wildman–Crippen MR) is 57.7 cm³/mol. The molecule has 2 N–H and O–H groups in total. The summed E-state index contributed by atoms with van der Waals surface area (Å²) in [6.45, 7) is 0. The maximum atomic E-state index is 10.4. The van der Waals surface area contributed by atoms with E-state index in [1.807, 2.05) is 0 Å². The Morgan fingerprint density at radius 3 is 1.86 bits per heavy atom. The van der Waals surface area contributed by atoms with Crippen molar-refractivity contribution in [2.75, 3.05) is 0 Å². The normalized spacial score (nSPS) is 8.43. The molecule has 4 nitrogen and oxygen atoms in total. The summed E-state index contributed by atoms with van der Waals surface area (Å²) in [5.41, 5.74) is 0.242. The van der Waals surface area contributed by atoms with E-state index < -0.39 is 11.3 Å². The fourth-order valence-corrected chi connectivity index (χ4v) is 0.911. The highest BCUT2D eigenvalue weighted by molar-refractivity contribution is 7.96. The Balaban J connectivity index is 0.000000364. The minimum atomic E-state index is -1.14. The van der Waals surface area contributed by atoms with Crippen molar-refractivity contribution in [3.05, 3.63) is 29.8 Å². The zero-order chi connectivity index (χ0) is 11.1. The van der Waals surface area contributed by atoms with Gasteiger partial charge in [-0.05, 0) is 12.1 Å². The summed E-state index contributed by atoms with van der Waals surface area (Å²) >= 11 is 6.84. The molecule has 6 heteroatoms. The number of hydrogen-bond donors (Lipinski definition) is 4. The smallest absolute Gasteiger partial charge is 0.361 e. The van der Waals surface area contributed by atoms with E-state index in [0.29, 0.717) is 4.90 Å². The molecule has 0 spiro atoms. The first-order valence-corrected chi connectivity index (χ1v) is 4.27. The van der Waals surface area contributed by atoms with E-state index in [0.717, 1.165) is 0 Å². The van der Waals surface area contributed by atoms with Gasteiger partial charge >= 0.3 is 11.3 Å². The molecule has 0 saturated carbocycles. The average Bonchev–Trinajstić information content (AvgIpc) is 2.03. The van der Waals surface area contributed by atoms with Gasteiger partial charge in [-0.2, -0.15) is 0 Å². The molecule has 1 aromatic rings. The van der Waals surface area contributed by atoms with Crippen LogP contribution in [0.5, 0.6) is 0 Å². The molecule has 0 aromatic heterocycles. The van der Waals surface area contributed by atoms with Crippen LogP contribution in [-0.4, -0.2) is 21.5 Å². The molecule has 0 aliphatic heterocycles. The van der Waals surface area contributed by atoms with Gasteiger partial charge in [-0.25, -0.2) is 9.59 Å². The van der Waals surface area contributed by atoms with Crippen LogP contribution in [0.2, 0.25) is 0 Å². The van der Waals surface area contributed by atoms with Crippen LogP contribution in [0.25, 0.3) is 0 Å². The minimum Gasteiger partial charge on any atom is -0.478 e. The van der Waals surface area contributed by atoms with Gasteiger partial charge in [0.15, 0.2) is 0 Å². The number of carboxylic acids is 1. The molecule has 0 saturated heterocycles. The Hall–Kier alpha value is -1.14. The summed E-state index contributed by atoms with van der Waals surface area (Å²) in [5, 5.41) is 14.7. The minimum absolute atomic E-state index is 0.242. The largest absolute Gasteiger partial charge is 0.478 e. The predicted octanol–water partition coefficient (Wildman–Crippen LogP) is 2.27. The standard InChI is InChI=1S/C7H6O2S.CH2O2S/c8-7(9)5-3-1-2-4-6(5)10;2-1(3)4/h1-4,10H,(H,8,9);4H,(H,2,3). The fraction of sp³-hybridized carbons (Fsp3) is 0. The highest BCUT2D eigenvalue weighted by Crippen LogP contribution is 2.11. The lowest BCUT2D eigenvalue weighted by molar-refractivity contribution is 0.0693. The number of carboxylic acid groups (broad SMARTS) is 2. The van der Waals surface area contributed by atoms with Crippen LogP contribution in [0.15, 0.2) is 29.2 Å². The SMILES string of the molecule is O=C(O)S.O=C(O)c1ccccc1S. The lowest BCUT2D eigenvalue weighted by atomic mass is 10.2. The molecule has 0 amide bonds. The van der Waals surface area contributed by atoms with Crippen LogP contribution < -0.4 is 0 Å². The Bertz CT molecular complexity index is 334. The van der Waals surface area contributed by atoms with E-state index in [4.69, 9.17) is 15.0 Å². The molecule has 14 heavy (non-hydrogen) atoms. The first-order valence-electron chi connectivity index (χ1n) is 3.38. The van der Waals surface area contributed by atoms with Crippen LogP contribution in [-0.2, 0) is 0 Å². The van der Waals surface area contributed by atoms with E-state index in [2.05, 4.69) is 25.3 Å². The van der Waals surface area contributed by atoms with Crippen molar-refractivity contribution in [2.24, 2.45) is 0 Å². The number of rotatable bonds is 1.